The minimum atomic E-state index is -0.623. The summed E-state index contributed by atoms with van der Waals surface area (Å²) < 4.78 is 15.4. The van der Waals surface area contributed by atoms with Crippen molar-refractivity contribution in [3.8, 4) is 0 Å². The molecule has 0 atom stereocenters. The van der Waals surface area contributed by atoms with Gasteiger partial charge in [0.15, 0.2) is 0 Å². The van der Waals surface area contributed by atoms with E-state index in [1.54, 1.807) is 0 Å². The zero-order chi connectivity index (χ0) is 12.3. The van der Waals surface area contributed by atoms with E-state index in [4.69, 9.17) is 14.2 Å². The second-order valence-electron chi connectivity index (χ2n) is 4.49. The smallest absolute Gasteiger partial charge is 0.431 e. The normalized spacial score (nSPS) is 18.4. The quantitative estimate of drug-likeness (QED) is 0.756. The topological polar surface area (TPSA) is 44.8 Å². The number of aryl methyl sites for hydroxylation is 1. The summed E-state index contributed by atoms with van der Waals surface area (Å²) in [6.45, 7) is 4.87. The molecule has 2 rings (SSSR count). The highest BCUT2D eigenvalue weighted by Crippen LogP contribution is 2.20. The van der Waals surface area contributed by atoms with E-state index < -0.39 is 11.8 Å². The van der Waals surface area contributed by atoms with Crippen molar-refractivity contribution in [3.63, 3.8) is 0 Å². The number of rotatable bonds is 3. The van der Waals surface area contributed by atoms with Gasteiger partial charge < -0.3 is 14.2 Å². The molecule has 4 nitrogen and oxygen atoms in total. The van der Waals surface area contributed by atoms with E-state index in [2.05, 4.69) is 0 Å². The SMILES string of the molecule is Cc1ccccc1COC1(C)COC(=O)OC1. The van der Waals surface area contributed by atoms with Crippen LogP contribution in [0.1, 0.15) is 18.1 Å². The summed E-state index contributed by atoms with van der Waals surface area (Å²) in [5.74, 6) is 0. The number of carbonyl (C=O) groups excluding carboxylic acids is 1. The molecule has 0 spiro atoms. The van der Waals surface area contributed by atoms with Crippen LogP contribution in [0.3, 0.4) is 0 Å². The predicted molar refractivity (Wildman–Crippen MR) is 61.7 cm³/mol. The summed E-state index contributed by atoms with van der Waals surface area (Å²) >= 11 is 0. The molecule has 0 aromatic heterocycles. The zero-order valence-electron chi connectivity index (χ0n) is 10.1. The fourth-order valence-corrected chi connectivity index (χ4v) is 1.61. The highest BCUT2D eigenvalue weighted by molar-refractivity contribution is 5.60. The molecule has 0 unspecified atom stereocenters. The molecule has 17 heavy (non-hydrogen) atoms. The number of carbonyl (C=O) groups is 1. The van der Waals surface area contributed by atoms with Crippen molar-refractivity contribution in [1.29, 1.82) is 0 Å². The van der Waals surface area contributed by atoms with Gasteiger partial charge in [-0.3, -0.25) is 0 Å². The van der Waals surface area contributed by atoms with Gasteiger partial charge in [0.2, 0.25) is 0 Å². The van der Waals surface area contributed by atoms with E-state index in [-0.39, 0.29) is 13.2 Å². The lowest BCUT2D eigenvalue weighted by atomic mass is 10.1. The Labute approximate surface area is 100 Å². The number of cyclic esters (lactones) is 2. The van der Waals surface area contributed by atoms with Gasteiger partial charge in [-0.05, 0) is 25.0 Å². The van der Waals surface area contributed by atoms with E-state index in [1.165, 1.54) is 5.56 Å². The molecule has 1 heterocycles. The number of hydrogen-bond donors (Lipinski definition) is 0. The maximum atomic E-state index is 10.8. The fourth-order valence-electron chi connectivity index (χ4n) is 1.61. The van der Waals surface area contributed by atoms with Crippen molar-refractivity contribution in [3.05, 3.63) is 35.4 Å². The molecule has 1 saturated heterocycles. The summed E-state index contributed by atoms with van der Waals surface area (Å²) in [4.78, 5) is 10.8. The summed E-state index contributed by atoms with van der Waals surface area (Å²) in [6.07, 6.45) is -0.623. The van der Waals surface area contributed by atoms with Crippen molar-refractivity contribution < 1.29 is 19.0 Å². The van der Waals surface area contributed by atoms with Crippen LogP contribution in [0.15, 0.2) is 24.3 Å². The maximum Gasteiger partial charge on any atom is 0.508 e. The Morgan fingerprint density at radius 2 is 1.94 bits per heavy atom. The molecule has 0 aliphatic carbocycles. The molecule has 4 heteroatoms. The van der Waals surface area contributed by atoms with Crippen molar-refractivity contribution in [2.75, 3.05) is 13.2 Å². The van der Waals surface area contributed by atoms with Gasteiger partial charge in [-0.15, -0.1) is 0 Å². The molecule has 1 aliphatic rings. The van der Waals surface area contributed by atoms with Gasteiger partial charge >= 0.3 is 6.16 Å². The maximum absolute atomic E-state index is 10.8. The van der Waals surface area contributed by atoms with Crippen LogP contribution in [0.4, 0.5) is 4.79 Å². The molecule has 1 aromatic carbocycles. The average molecular weight is 236 g/mol. The van der Waals surface area contributed by atoms with Crippen molar-refractivity contribution in [2.24, 2.45) is 0 Å². The minimum Gasteiger partial charge on any atom is -0.431 e. The standard InChI is InChI=1S/C13H16O4/c1-10-5-3-4-6-11(10)7-17-13(2)8-15-12(14)16-9-13/h3-6H,7-9H2,1-2H3. The van der Waals surface area contributed by atoms with E-state index in [0.717, 1.165) is 5.56 Å². The lowest BCUT2D eigenvalue weighted by molar-refractivity contribution is -0.148. The predicted octanol–water partition coefficient (Wildman–Crippen LogP) is 2.44. The first-order valence-electron chi connectivity index (χ1n) is 5.57. The molecular weight excluding hydrogens is 220 g/mol. The molecular formula is C13H16O4. The van der Waals surface area contributed by atoms with Crippen LogP contribution in [0, 0.1) is 6.92 Å². The van der Waals surface area contributed by atoms with E-state index >= 15 is 0 Å². The van der Waals surface area contributed by atoms with Crippen LogP contribution in [0.2, 0.25) is 0 Å². The number of benzene rings is 1. The number of ether oxygens (including phenoxy) is 3. The summed E-state index contributed by atoms with van der Waals surface area (Å²) in [6, 6.07) is 8.03. The third-order valence-corrected chi connectivity index (χ3v) is 2.83. The first-order chi connectivity index (χ1) is 8.09. The van der Waals surface area contributed by atoms with Gasteiger partial charge in [0, 0.05) is 0 Å². The van der Waals surface area contributed by atoms with Crippen molar-refractivity contribution in [2.45, 2.75) is 26.1 Å². The lowest BCUT2D eigenvalue weighted by Gasteiger charge is -2.32. The molecule has 0 radical (unpaired) electrons. The van der Waals surface area contributed by atoms with Gasteiger partial charge in [0.1, 0.15) is 18.8 Å². The van der Waals surface area contributed by atoms with Crippen LogP contribution in [-0.2, 0) is 20.8 Å². The Hall–Kier alpha value is -1.55. The fraction of sp³-hybridized carbons (Fsp3) is 0.462. The molecule has 0 saturated carbocycles. The number of hydrogen-bond acceptors (Lipinski definition) is 4. The molecule has 0 amide bonds. The van der Waals surface area contributed by atoms with E-state index in [9.17, 15) is 4.79 Å². The first-order valence-corrected chi connectivity index (χ1v) is 5.57. The second-order valence-corrected chi connectivity index (χ2v) is 4.49. The van der Waals surface area contributed by atoms with Gasteiger partial charge in [-0.25, -0.2) is 4.79 Å². The van der Waals surface area contributed by atoms with Crippen molar-refractivity contribution >= 4 is 6.16 Å². The van der Waals surface area contributed by atoms with Crippen LogP contribution >= 0.6 is 0 Å². The lowest BCUT2D eigenvalue weighted by Crippen LogP contribution is -2.45. The highest BCUT2D eigenvalue weighted by atomic mass is 16.7. The van der Waals surface area contributed by atoms with Gasteiger partial charge in [-0.1, -0.05) is 24.3 Å². The van der Waals surface area contributed by atoms with Gasteiger partial charge in [-0.2, -0.15) is 0 Å². The molecule has 0 bridgehead atoms. The van der Waals surface area contributed by atoms with Crippen LogP contribution < -0.4 is 0 Å². The van der Waals surface area contributed by atoms with Gasteiger partial charge in [0.25, 0.3) is 0 Å². The second kappa shape index (κ2) is 4.75. The van der Waals surface area contributed by atoms with Crippen LogP contribution in [0.25, 0.3) is 0 Å². The van der Waals surface area contributed by atoms with Crippen LogP contribution in [-0.4, -0.2) is 25.0 Å². The highest BCUT2D eigenvalue weighted by Gasteiger charge is 2.34. The van der Waals surface area contributed by atoms with Gasteiger partial charge in [0.05, 0.1) is 6.61 Å². The monoisotopic (exact) mass is 236 g/mol. The van der Waals surface area contributed by atoms with E-state index in [0.29, 0.717) is 6.61 Å². The summed E-state index contributed by atoms with van der Waals surface area (Å²) in [5, 5.41) is 0. The third kappa shape index (κ3) is 2.97. The van der Waals surface area contributed by atoms with Crippen LogP contribution in [0.5, 0.6) is 0 Å². The Morgan fingerprint density at radius 1 is 1.29 bits per heavy atom. The molecule has 0 N–H and O–H groups in total. The average Bonchev–Trinajstić information content (AvgIpc) is 2.33. The molecule has 92 valence electrons. The van der Waals surface area contributed by atoms with Crippen molar-refractivity contribution in [1.82, 2.24) is 0 Å². The third-order valence-electron chi connectivity index (χ3n) is 2.83. The Bertz CT molecular complexity index is 404. The van der Waals surface area contributed by atoms with E-state index in [1.807, 2.05) is 38.1 Å². The molecule has 1 aliphatic heterocycles. The molecule has 1 aromatic rings. The Balaban J connectivity index is 1.94. The molecule has 1 fully saturated rings. The Morgan fingerprint density at radius 3 is 2.59 bits per heavy atom. The summed E-state index contributed by atoms with van der Waals surface area (Å²) in [5.41, 5.74) is 1.76. The summed E-state index contributed by atoms with van der Waals surface area (Å²) in [7, 11) is 0. The first kappa shape index (κ1) is 11.9. The Kier molecular flexibility index (Phi) is 3.33. The minimum absolute atomic E-state index is 0.234. The largest absolute Gasteiger partial charge is 0.508 e. The zero-order valence-corrected chi connectivity index (χ0v) is 10.1.